The van der Waals surface area contributed by atoms with Crippen molar-refractivity contribution in [2.45, 2.75) is 0 Å². The van der Waals surface area contributed by atoms with Crippen LogP contribution in [0.15, 0.2) is 65.4 Å². The Bertz CT molecular complexity index is 1070. The molecule has 0 spiro atoms. The number of rotatable bonds is 4. The molecule has 26 heavy (non-hydrogen) atoms. The molecule has 6 nitrogen and oxygen atoms in total. The largest absolute Gasteiger partial charge is 0.329 e. The van der Waals surface area contributed by atoms with Gasteiger partial charge in [0.2, 0.25) is 5.95 Å². The molecule has 7 heteroatoms. The van der Waals surface area contributed by atoms with Crippen LogP contribution in [0, 0.1) is 0 Å². The van der Waals surface area contributed by atoms with Gasteiger partial charge < -0.3 is 10.2 Å². The number of benzene rings is 2. The van der Waals surface area contributed by atoms with Gasteiger partial charge in [-0.2, -0.15) is 10.1 Å². The van der Waals surface area contributed by atoms with Gasteiger partial charge in [0.1, 0.15) is 5.82 Å². The Kier molecular flexibility index (Phi) is 4.30. The molecule has 130 valence electrons. The van der Waals surface area contributed by atoms with Crippen molar-refractivity contribution in [1.29, 1.82) is 0 Å². The van der Waals surface area contributed by atoms with Crippen molar-refractivity contribution in [3.8, 4) is 0 Å². The van der Waals surface area contributed by atoms with Crippen molar-refractivity contribution in [2.24, 2.45) is 7.05 Å². The normalized spacial score (nSPS) is 10.9. The number of nitrogens with one attached hydrogen (secondary N) is 1. The second-order valence-electron chi connectivity index (χ2n) is 5.98. The minimum Gasteiger partial charge on any atom is -0.329 e. The molecule has 0 saturated carbocycles. The maximum Gasteiger partial charge on any atom is 0.229 e. The summed E-state index contributed by atoms with van der Waals surface area (Å²) in [6, 6.07) is 16.0. The predicted molar refractivity (Wildman–Crippen MR) is 108 cm³/mol. The third kappa shape index (κ3) is 3.39. The van der Waals surface area contributed by atoms with E-state index < -0.39 is 0 Å². The maximum atomic E-state index is 4.62. The molecule has 0 saturated heterocycles. The Morgan fingerprint density at radius 2 is 2.00 bits per heavy atom. The van der Waals surface area contributed by atoms with Gasteiger partial charge >= 0.3 is 0 Å². The van der Waals surface area contributed by atoms with E-state index in [2.05, 4.69) is 54.5 Å². The second-order valence-corrected chi connectivity index (χ2v) is 6.89. The van der Waals surface area contributed by atoms with E-state index in [1.807, 2.05) is 60.2 Å². The number of anilines is 4. The molecular weight excluding hydrogens is 392 g/mol. The van der Waals surface area contributed by atoms with Crippen LogP contribution in [0.2, 0.25) is 0 Å². The fourth-order valence-electron chi connectivity index (χ4n) is 2.76. The topological polar surface area (TPSA) is 58.9 Å². The number of aryl methyl sites for hydroxylation is 1. The zero-order chi connectivity index (χ0) is 18.1. The van der Waals surface area contributed by atoms with Gasteiger partial charge in [0, 0.05) is 47.7 Å². The van der Waals surface area contributed by atoms with Gasteiger partial charge in [0.15, 0.2) is 0 Å². The van der Waals surface area contributed by atoms with Gasteiger partial charge in [0.05, 0.1) is 5.52 Å². The molecule has 0 amide bonds. The maximum absolute atomic E-state index is 4.62. The number of nitrogens with zero attached hydrogens (tertiary/aromatic N) is 5. The van der Waals surface area contributed by atoms with Crippen LogP contribution < -0.4 is 10.2 Å². The van der Waals surface area contributed by atoms with Gasteiger partial charge in [-0.15, -0.1) is 0 Å². The van der Waals surface area contributed by atoms with E-state index in [0.717, 1.165) is 32.6 Å². The smallest absolute Gasteiger partial charge is 0.229 e. The zero-order valence-corrected chi connectivity index (χ0v) is 16.0. The van der Waals surface area contributed by atoms with E-state index in [-0.39, 0.29) is 0 Å². The summed E-state index contributed by atoms with van der Waals surface area (Å²) in [4.78, 5) is 11.0. The summed E-state index contributed by atoms with van der Waals surface area (Å²) in [5.74, 6) is 1.35. The van der Waals surface area contributed by atoms with Crippen LogP contribution in [-0.2, 0) is 7.05 Å². The molecule has 4 rings (SSSR count). The summed E-state index contributed by atoms with van der Waals surface area (Å²) in [6.07, 6.45) is 3.75. The quantitative estimate of drug-likeness (QED) is 0.532. The van der Waals surface area contributed by atoms with Gasteiger partial charge in [-0.1, -0.05) is 22.0 Å². The van der Waals surface area contributed by atoms with Crippen LogP contribution >= 0.6 is 15.9 Å². The Morgan fingerprint density at radius 1 is 1.12 bits per heavy atom. The van der Waals surface area contributed by atoms with Crippen LogP contribution in [0.5, 0.6) is 0 Å². The van der Waals surface area contributed by atoms with Crippen LogP contribution in [0.3, 0.4) is 0 Å². The van der Waals surface area contributed by atoms with E-state index in [1.165, 1.54) is 0 Å². The zero-order valence-electron chi connectivity index (χ0n) is 14.4. The molecule has 4 aromatic rings. The summed E-state index contributed by atoms with van der Waals surface area (Å²) in [6.45, 7) is 0. The summed E-state index contributed by atoms with van der Waals surface area (Å²) in [5, 5.41) is 8.82. The fraction of sp³-hybridized carbons (Fsp3) is 0.105. The van der Waals surface area contributed by atoms with Crippen LogP contribution in [0.1, 0.15) is 0 Å². The van der Waals surface area contributed by atoms with Crippen molar-refractivity contribution in [1.82, 2.24) is 19.7 Å². The van der Waals surface area contributed by atoms with Crippen LogP contribution in [-0.4, -0.2) is 26.8 Å². The molecule has 0 aliphatic rings. The Balaban J connectivity index is 1.61. The van der Waals surface area contributed by atoms with E-state index in [0.29, 0.717) is 5.95 Å². The number of hydrogen-bond acceptors (Lipinski definition) is 5. The molecule has 1 N–H and O–H groups in total. The molecular formula is C19H17BrN6. The molecule has 2 aromatic carbocycles. The number of fused-ring (bicyclic) bond motifs is 1. The minimum atomic E-state index is 0.548. The fourth-order valence-corrected chi connectivity index (χ4v) is 3.16. The molecule has 0 radical (unpaired) electrons. The van der Waals surface area contributed by atoms with E-state index in [9.17, 15) is 0 Å². The SMILES string of the molecule is CN(c1ccc2cn(C)nc2c1)c1ccnc(Nc2cccc(Br)c2)n1. The van der Waals surface area contributed by atoms with Crippen molar-refractivity contribution < 1.29 is 0 Å². The lowest BCUT2D eigenvalue weighted by Crippen LogP contribution is -2.12. The lowest BCUT2D eigenvalue weighted by Gasteiger charge is -2.18. The monoisotopic (exact) mass is 408 g/mol. The second kappa shape index (κ2) is 6.76. The Labute approximate surface area is 159 Å². The van der Waals surface area contributed by atoms with E-state index in [1.54, 1.807) is 6.20 Å². The van der Waals surface area contributed by atoms with Crippen molar-refractivity contribution in [2.75, 3.05) is 17.3 Å². The highest BCUT2D eigenvalue weighted by Crippen LogP contribution is 2.26. The summed E-state index contributed by atoms with van der Waals surface area (Å²) >= 11 is 3.47. The summed E-state index contributed by atoms with van der Waals surface area (Å²) < 4.78 is 2.82. The average Bonchev–Trinajstić information content (AvgIpc) is 3.00. The van der Waals surface area contributed by atoms with Crippen LogP contribution in [0.4, 0.5) is 23.1 Å². The predicted octanol–water partition coefficient (Wildman–Crippen LogP) is 4.64. The van der Waals surface area contributed by atoms with Crippen molar-refractivity contribution in [3.05, 3.63) is 65.4 Å². The van der Waals surface area contributed by atoms with Gasteiger partial charge in [-0.05, 0) is 42.5 Å². The first-order valence-corrected chi connectivity index (χ1v) is 8.90. The number of halogens is 1. The Morgan fingerprint density at radius 3 is 2.85 bits per heavy atom. The minimum absolute atomic E-state index is 0.548. The highest BCUT2D eigenvalue weighted by molar-refractivity contribution is 9.10. The molecule has 2 aromatic heterocycles. The highest BCUT2D eigenvalue weighted by atomic mass is 79.9. The Hall–Kier alpha value is -2.93. The molecule has 2 heterocycles. The van der Waals surface area contributed by atoms with Crippen molar-refractivity contribution >= 4 is 50.0 Å². The lowest BCUT2D eigenvalue weighted by molar-refractivity contribution is 0.780. The average molecular weight is 409 g/mol. The van der Waals surface area contributed by atoms with Crippen molar-refractivity contribution in [3.63, 3.8) is 0 Å². The first kappa shape index (κ1) is 16.5. The molecule has 0 aliphatic carbocycles. The number of aromatic nitrogens is 4. The molecule has 0 bridgehead atoms. The molecule has 0 atom stereocenters. The highest BCUT2D eigenvalue weighted by Gasteiger charge is 2.09. The lowest BCUT2D eigenvalue weighted by atomic mass is 10.2. The standard InChI is InChI=1S/C19H17BrN6/c1-25-12-13-6-7-16(11-17(13)24-25)26(2)18-8-9-21-19(23-18)22-15-5-3-4-14(20)10-15/h3-12H,1-2H3,(H,21,22,23). The van der Waals surface area contributed by atoms with Gasteiger partial charge in [-0.3, -0.25) is 4.68 Å². The number of hydrogen-bond donors (Lipinski definition) is 1. The molecule has 0 unspecified atom stereocenters. The van der Waals surface area contributed by atoms with E-state index >= 15 is 0 Å². The summed E-state index contributed by atoms with van der Waals surface area (Å²) in [5.41, 5.74) is 2.90. The molecule has 0 aliphatic heterocycles. The first-order chi connectivity index (χ1) is 12.6. The van der Waals surface area contributed by atoms with E-state index in [4.69, 9.17) is 0 Å². The van der Waals surface area contributed by atoms with Gasteiger partial charge in [-0.25, -0.2) is 4.98 Å². The third-order valence-electron chi connectivity index (χ3n) is 4.06. The van der Waals surface area contributed by atoms with Crippen LogP contribution in [0.25, 0.3) is 10.9 Å². The first-order valence-electron chi connectivity index (χ1n) is 8.11. The molecule has 0 fully saturated rings. The third-order valence-corrected chi connectivity index (χ3v) is 4.55. The summed E-state index contributed by atoms with van der Waals surface area (Å²) in [7, 11) is 3.91. The van der Waals surface area contributed by atoms with Gasteiger partial charge in [0.25, 0.3) is 0 Å².